The first-order valence-corrected chi connectivity index (χ1v) is 14.5. The number of nitrogens with one attached hydrogen (secondary N) is 1. The van der Waals surface area contributed by atoms with E-state index in [9.17, 15) is 18.0 Å². The van der Waals surface area contributed by atoms with Crippen LogP contribution in [-0.4, -0.2) is 50.8 Å². The van der Waals surface area contributed by atoms with E-state index in [1.807, 2.05) is 44.2 Å². The molecule has 0 fully saturated rings. The van der Waals surface area contributed by atoms with Crippen LogP contribution in [0.4, 0.5) is 5.69 Å². The van der Waals surface area contributed by atoms with Crippen LogP contribution in [0.15, 0.2) is 89.8 Å². The lowest BCUT2D eigenvalue weighted by molar-refractivity contribution is -0.139. The fourth-order valence-electron chi connectivity index (χ4n) is 4.12. The highest BCUT2D eigenvalue weighted by Crippen LogP contribution is 2.25. The molecular weight excluding hydrogens is 522 g/mol. The summed E-state index contributed by atoms with van der Waals surface area (Å²) in [5.41, 5.74) is 1.37. The molecule has 0 bridgehead atoms. The van der Waals surface area contributed by atoms with E-state index in [1.54, 1.807) is 30.3 Å². The standard InChI is InChI=1S/C29H34ClN3O4S/c1-3-20-31-29(35)27(4-2)32(21-19-23-11-7-5-8-12-23)28(34)22-33(25-13-9-6-10-14-25)38(36,37)26-17-15-24(30)16-18-26/h5-18,27H,3-4,19-22H2,1-2H3,(H,31,35)/t27-/m1/s1. The zero-order chi connectivity index (χ0) is 27.5. The molecule has 1 atom stereocenters. The van der Waals surface area contributed by atoms with Gasteiger partial charge in [0.05, 0.1) is 10.6 Å². The van der Waals surface area contributed by atoms with Crippen molar-refractivity contribution in [2.75, 3.05) is 23.9 Å². The van der Waals surface area contributed by atoms with Crippen LogP contribution in [0.5, 0.6) is 0 Å². The molecule has 38 heavy (non-hydrogen) atoms. The maximum absolute atomic E-state index is 13.9. The Balaban J connectivity index is 1.96. The molecule has 0 saturated carbocycles. The van der Waals surface area contributed by atoms with Gasteiger partial charge in [0.15, 0.2) is 0 Å². The van der Waals surface area contributed by atoms with Gasteiger partial charge in [-0.1, -0.05) is 74.0 Å². The van der Waals surface area contributed by atoms with E-state index in [1.165, 1.54) is 29.2 Å². The molecule has 0 saturated heterocycles. The second kappa shape index (κ2) is 14.0. The molecule has 0 unspecified atom stereocenters. The van der Waals surface area contributed by atoms with Crippen molar-refractivity contribution in [1.29, 1.82) is 0 Å². The maximum atomic E-state index is 13.9. The van der Waals surface area contributed by atoms with Gasteiger partial charge in [0, 0.05) is 18.1 Å². The molecule has 2 amide bonds. The number of carbonyl (C=O) groups is 2. The smallest absolute Gasteiger partial charge is 0.264 e. The van der Waals surface area contributed by atoms with E-state index in [4.69, 9.17) is 11.6 Å². The first-order valence-electron chi connectivity index (χ1n) is 12.7. The predicted molar refractivity (Wildman–Crippen MR) is 152 cm³/mol. The van der Waals surface area contributed by atoms with Gasteiger partial charge in [-0.15, -0.1) is 0 Å². The van der Waals surface area contributed by atoms with E-state index in [0.29, 0.717) is 30.1 Å². The van der Waals surface area contributed by atoms with Crippen LogP contribution >= 0.6 is 11.6 Å². The molecule has 3 rings (SSSR count). The largest absolute Gasteiger partial charge is 0.354 e. The maximum Gasteiger partial charge on any atom is 0.264 e. The molecule has 0 heterocycles. The molecule has 9 heteroatoms. The minimum Gasteiger partial charge on any atom is -0.354 e. The summed E-state index contributed by atoms with van der Waals surface area (Å²) in [6.45, 7) is 4.11. The third-order valence-corrected chi connectivity index (χ3v) is 8.18. The number of sulfonamides is 1. The van der Waals surface area contributed by atoms with Gasteiger partial charge in [0.25, 0.3) is 10.0 Å². The quantitative estimate of drug-likeness (QED) is 0.324. The van der Waals surface area contributed by atoms with E-state index in [2.05, 4.69) is 5.32 Å². The molecule has 1 N–H and O–H groups in total. The van der Waals surface area contributed by atoms with Crippen molar-refractivity contribution in [3.8, 4) is 0 Å². The lowest BCUT2D eigenvalue weighted by atomic mass is 10.1. The summed E-state index contributed by atoms with van der Waals surface area (Å²) in [5, 5.41) is 3.29. The lowest BCUT2D eigenvalue weighted by Gasteiger charge is -2.33. The van der Waals surface area contributed by atoms with Gasteiger partial charge >= 0.3 is 0 Å². The van der Waals surface area contributed by atoms with Crippen LogP contribution in [0.1, 0.15) is 32.3 Å². The summed E-state index contributed by atoms with van der Waals surface area (Å²) in [7, 11) is -4.11. The normalized spacial score (nSPS) is 12.0. The number of halogens is 1. The van der Waals surface area contributed by atoms with Gasteiger partial charge in [-0.2, -0.15) is 0 Å². The van der Waals surface area contributed by atoms with Crippen molar-refractivity contribution in [3.05, 3.63) is 95.5 Å². The fraction of sp³-hybridized carbons (Fsp3) is 0.310. The summed E-state index contributed by atoms with van der Waals surface area (Å²) in [4.78, 5) is 28.4. The molecule has 3 aromatic carbocycles. The van der Waals surface area contributed by atoms with Crippen LogP contribution in [0.2, 0.25) is 5.02 Å². The number of hydrogen-bond acceptors (Lipinski definition) is 4. The Kier molecular flexibility index (Phi) is 10.7. The van der Waals surface area contributed by atoms with Gasteiger partial charge in [-0.25, -0.2) is 8.42 Å². The summed E-state index contributed by atoms with van der Waals surface area (Å²) < 4.78 is 28.5. The topological polar surface area (TPSA) is 86.8 Å². The summed E-state index contributed by atoms with van der Waals surface area (Å²) in [6, 6.07) is 23.2. The summed E-state index contributed by atoms with van der Waals surface area (Å²) in [6.07, 6.45) is 1.69. The van der Waals surface area contributed by atoms with Gasteiger partial charge in [0.2, 0.25) is 11.8 Å². The van der Waals surface area contributed by atoms with Crippen molar-refractivity contribution in [1.82, 2.24) is 10.2 Å². The van der Waals surface area contributed by atoms with Crippen molar-refractivity contribution in [2.24, 2.45) is 0 Å². The van der Waals surface area contributed by atoms with E-state index in [-0.39, 0.29) is 17.3 Å². The highest BCUT2D eigenvalue weighted by molar-refractivity contribution is 7.92. The molecule has 0 aliphatic heterocycles. The van der Waals surface area contributed by atoms with Crippen LogP contribution in [0, 0.1) is 0 Å². The number of amides is 2. The second-order valence-electron chi connectivity index (χ2n) is 8.84. The number of hydrogen-bond donors (Lipinski definition) is 1. The highest BCUT2D eigenvalue weighted by Gasteiger charge is 2.33. The Morgan fingerprint density at radius 2 is 1.50 bits per heavy atom. The molecule has 0 radical (unpaired) electrons. The Hall–Kier alpha value is -3.36. The van der Waals surface area contributed by atoms with Gasteiger partial charge < -0.3 is 10.2 Å². The molecular formula is C29H34ClN3O4S. The van der Waals surface area contributed by atoms with Crippen molar-refractivity contribution >= 4 is 39.1 Å². The van der Waals surface area contributed by atoms with E-state index < -0.39 is 28.5 Å². The minimum atomic E-state index is -4.11. The third kappa shape index (κ3) is 7.58. The molecule has 202 valence electrons. The number of nitrogens with zero attached hydrogens (tertiary/aromatic N) is 2. The van der Waals surface area contributed by atoms with E-state index >= 15 is 0 Å². The van der Waals surface area contributed by atoms with Crippen molar-refractivity contribution in [3.63, 3.8) is 0 Å². The molecule has 0 spiro atoms. The number of benzene rings is 3. The Labute approximate surface area is 230 Å². The van der Waals surface area contributed by atoms with Gasteiger partial charge in [-0.05, 0) is 61.2 Å². The number of para-hydroxylation sites is 1. The van der Waals surface area contributed by atoms with Crippen LogP contribution in [0.25, 0.3) is 0 Å². The fourth-order valence-corrected chi connectivity index (χ4v) is 5.66. The molecule has 0 aromatic heterocycles. The molecule has 0 aliphatic carbocycles. The first kappa shape index (κ1) is 29.2. The first-order chi connectivity index (χ1) is 18.3. The average Bonchev–Trinajstić information content (AvgIpc) is 2.93. The zero-order valence-corrected chi connectivity index (χ0v) is 23.3. The Morgan fingerprint density at radius 3 is 2.08 bits per heavy atom. The van der Waals surface area contributed by atoms with E-state index in [0.717, 1.165) is 16.3 Å². The number of anilines is 1. The van der Waals surface area contributed by atoms with Gasteiger partial charge in [-0.3, -0.25) is 13.9 Å². The average molecular weight is 556 g/mol. The summed E-state index contributed by atoms with van der Waals surface area (Å²) in [5.74, 6) is -0.705. The lowest BCUT2D eigenvalue weighted by Crippen LogP contribution is -2.53. The molecule has 0 aliphatic rings. The Morgan fingerprint density at radius 1 is 0.895 bits per heavy atom. The molecule has 7 nitrogen and oxygen atoms in total. The monoisotopic (exact) mass is 555 g/mol. The minimum absolute atomic E-state index is 0.0159. The van der Waals surface area contributed by atoms with Crippen LogP contribution in [0.3, 0.4) is 0 Å². The summed E-state index contributed by atoms with van der Waals surface area (Å²) >= 11 is 5.98. The zero-order valence-electron chi connectivity index (χ0n) is 21.7. The van der Waals surface area contributed by atoms with Gasteiger partial charge in [0.1, 0.15) is 12.6 Å². The number of carbonyl (C=O) groups excluding carboxylic acids is 2. The van der Waals surface area contributed by atoms with Crippen molar-refractivity contribution < 1.29 is 18.0 Å². The number of rotatable bonds is 13. The third-order valence-electron chi connectivity index (χ3n) is 6.14. The predicted octanol–water partition coefficient (Wildman–Crippen LogP) is 4.91. The second-order valence-corrected chi connectivity index (χ2v) is 11.1. The molecule has 3 aromatic rings. The van der Waals surface area contributed by atoms with Crippen LogP contribution in [-0.2, 0) is 26.0 Å². The van der Waals surface area contributed by atoms with Crippen molar-refractivity contribution in [2.45, 2.75) is 44.0 Å². The Bertz CT molecular complexity index is 1290. The SMILES string of the molecule is CCCNC(=O)[C@@H](CC)N(CCc1ccccc1)C(=O)CN(c1ccccc1)S(=O)(=O)c1ccc(Cl)cc1. The highest BCUT2D eigenvalue weighted by atomic mass is 35.5. The van der Waals surface area contributed by atoms with Crippen LogP contribution < -0.4 is 9.62 Å².